The van der Waals surface area contributed by atoms with Gasteiger partial charge in [0, 0.05) is 41.0 Å². The second-order valence-corrected chi connectivity index (χ2v) is 7.63. The van der Waals surface area contributed by atoms with Crippen LogP contribution in [0.15, 0.2) is 12.7 Å². The van der Waals surface area contributed by atoms with Gasteiger partial charge in [0.25, 0.3) is 0 Å². The Hall–Kier alpha value is -1.75. The lowest BCUT2D eigenvalue weighted by Crippen LogP contribution is -2.49. The molecule has 0 N–H and O–H groups in total. The molecule has 0 rings (SSSR count). The van der Waals surface area contributed by atoms with Crippen molar-refractivity contribution in [3.05, 3.63) is 12.7 Å². The summed E-state index contributed by atoms with van der Waals surface area (Å²) in [6.45, 7) is 6.97. The molecular weight excluding hydrogens is 340 g/mol. The molecule has 0 saturated carbocycles. The Morgan fingerprint density at radius 2 is 1.38 bits per heavy atom. The van der Waals surface area contributed by atoms with E-state index >= 15 is 0 Å². The molecule has 0 saturated heterocycles. The van der Waals surface area contributed by atoms with Crippen molar-refractivity contribution < 1.29 is 41.9 Å². The van der Waals surface area contributed by atoms with Crippen LogP contribution in [0, 0.1) is 0 Å². The summed E-state index contributed by atoms with van der Waals surface area (Å²) in [7, 11) is -0.387. The Labute approximate surface area is 142 Å². The van der Waals surface area contributed by atoms with Gasteiger partial charge in [-0.25, -0.2) is 0 Å². The van der Waals surface area contributed by atoms with E-state index in [0.717, 1.165) is 20.8 Å². The van der Waals surface area contributed by atoms with Crippen molar-refractivity contribution in [2.45, 2.75) is 39.2 Å². The summed E-state index contributed by atoms with van der Waals surface area (Å²) in [6, 6.07) is 0.0433. The average Bonchev–Trinajstić information content (AvgIpc) is 2.46. The molecule has 0 fully saturated rings. The SMILES string of the molecule is C=CCO[Si](CCC(OC(C)=O)(OC(C)=O)OC(C)=O)(OC)OC. The highest BCUT2D eigenvalue weighted by atomic mass is 28.4. The molecule has 10 heteroatoms. The molecule has 0 aliphatic heterocycles. The van der Waals surface area contributed by atoms with Gasteiger partial charge in [-0.05, 0) is 0 Å². The monoisotopic (exact) mass is 364 g/mol. The zero-order valence-corrected chi connectivity index (χ0v) is 15.6. The molecule has 0 aromatic carbocycles. The van der Waals surface area contributed by atoms with Gasteiger partial charge in [0.05, 0.1) is 13.0 Å². The second-order valence-electron chi connectivity index (χ2n) is 4.65. The minimum absolute atomic E-state index is 0.0433. The van der Waals surface area contributed by atoms with Gasteiger partial charge >= 0.3 is 32.7 Å². The van der Waals surface area contributed by atoms with Gasteiger partial charge in [0.15, 0.2) is 0 Å². The number of hydrogen-bond acceptors (Lipinski definition) is 9. The molecule has 0 heterocycles. The van der Waals surface area contributed by atoms with Crippen LogP contribution in [0.4, 0.5) is 0 Å². The molecule has 9 nitrogen and oxygen atoms in total. The van der Waals surface area contributed by atoms with E-state index in [-0.39, 0.29) is 19.1 Å². The average molecular weight is 364 g/mol. The van der Waals surface area contributed by atoms with Crippen LogP contribution in [0.5, 0.6) is 0 Å². The number of rotatable bonds is 11. The maximum Gasteiger partial charge on any atom is 0.501 e. The quantitative estimate of drug-likeness (QED) is 0.231. The summed E-state index contributed by atoms with van der Waals surface area (Å²) >= 11 is 0. The molecule has 0 bridgehead atoms. The lowest BCUT2D eigenvalue weighted by molar-refractivity contribution is -0.329. The van der Waals surface area contributed by atoms with Crippen molar-refractivity contribution in [2.24, 2.45) is 0 Å². The Balaban J connectivity index is 5.45. The topological polar surface area (TPSA) is 107 Å². The lowest BCUT2D eigenvalue weighted by Gasteiger charge is -2.33. The highest BCUT2D eigenvalue weighted by molar-refractivity contribution is 6.60. The minimum atomic E-state index is -3.17. The fraction of sp³-hybridized carbons (Fsp3) is 0.643. The first kappa shape index (κ1) is 22.2. The first-order valence-corrected chi connectivity index (χ1v) is 9.01. The molecule has 0 unspecified atom stereocenters. The molecular formula is C14H24O9Si. The van der Waals surface area contributed by atoms with Gasteiger partial charge in [0.2, 0.25) is 0 Å². The zero-order valence-electron chi connectivity index (χ0n) is 14.6. The van der Waals surface area contributed by atoms with Crippen LogP contribution in [0.2, 0.25) is 6.04 Å². The molecule has 0 amide bonds. The number of carbonyl (C=O) groups is 3. The Kier molecular flexibility index (Phi) is 9.44. The molecule has 138 valence electrons. The first-order valence-electron chi connectivity index (χ1n) is 7.08. The minimum Gasteiger partial charge on any atom is -0.388 e. The van der Waals surface area contributed by atoms with Crippen molar-refractivity contribution in [1.82, 2.24) is 0 Å². The van der Waals surface area contributed by atoms with Crippen LogP contribution in [0.3, 0.4) is 0 Å². The van der Waals surface area contributed by atoms with Gasteiger partial charge in [0.1, 0.15) is 0 Å². The van der Waals surface area contributed by atoms with E-state index in [1.807, 2.05) is 0 Å². The van der Waals surface area contributed by atoms with Gasteiger partial charge in [-0.3, -0.25) is 14.4 Å². The number of carbonyl (C=O) groups excluding carboxylic acids is 3. The lowest BCUT2D eigenvalue weighted by atomic mass is 10.4. The Morgan fingerprint density at radius 3 is 1.67 bits per heavy atom. The van der Waals surface area contributed by atoms with E-state index in [2.05, 4.69) is 6.58 Å². The largest absolute Gasteiger partial charge is 0.501 e. The van der Waals surface area contributed by atoms with Crippen LogP contribution in [0.25, 0.3) is 0 Å². The maximum absolute atomic E-state index is 11.4. The van der Waals surface area contributed by atoms with E-state index in [1.165, 1.54) is 20.3 Å². The molecule has 0 spiro atoms. The van der Waals surface area contributed by atoms with Crippen LogP contribution < -0.4 is 0 Å². The second kappa shape index (κ2) is 10.2. The summed E-state index contributed by atoms with van der Waals surface area (Å²) < 4.78 is 31.1. The summed E-state index contributed by atoms with van der Waals surface area (Å²) in [5.41, 5.74) is 0. The number of hydrogen-bond donors (Lipinski definition) is 0. The fourth-order valence-corrected chi connectivity index (χ4v) is 3.78. The third kappa shape index (κ3) is 7.68. The van der Waals surface area contributed by atoms with E-state index in [9.17, 15) is 14.4 Å². The van der Waals surface area contributed by atoms with E-state index in [0.29, 0.717) is 0 Å². The number of esters is 3. The number of ether oxygens (including phenoxy) is 3. The predicted octanol–water partition coefficient (Wildman–Crippen LogP) is 1.15. The van der Waals surface area contributed by atoms with Crippen molar-refractivity contribution in [2.75, 3.05) is 20.8 Å². The van der Waals surface area contributed by atoms with Gasteiger partial charge in [-0.1, -0.05) is 6.08 Å². The van der Waals surface area contributed by atoms with Crippen molar-refractivity contribution in [3.8, 4) is 0 Å². The molecule has 0 aromatic rings. The molecule has 0 radical (unpaired) electrons. The van der Waals surface area contributed by atoms with Crippen molar-refractivity contribution >= 4 is 26.7 Å². The molecule has 24 heavy (non-hydrogen) atoms. The van der Waals surface area contributed by atoms with Crippen LogP contribution >= 0.6 is 0 Å². The third-order valence-electron chi connectivity index (χ3n) is 2.68. The highest BCUT2D eigenvalue weighted by Crippen LogP contribution is 2.28. The predicted molar refractivity (Wildman–Crippen MR) is 83.4 cm³/mol. The summed E-state index contributed by atoms with van der Waals surface area (Å²) in [5.74, 6) is -4.61. The van der Waals surface area contributed by atoms with Crippen LogP contribution in [0.1, 0.15) is 27.2 Å². The van der Waals surface area contributed by atoms with Gasteiger partial charge in [-0.15, -0.1) is 6.58 Å². The smallest absolute Gasteiger partial charge is 0.388 e. The molecule has 0 aliphatic rings. The molecule has 0 aromatic heterocycles. The first-order chi connectivity index (χ1) is 11.1. The Morgan fingerprint density at radius 1 is 0.958 bits per heavy atom. The van der Waals surface area contributed by atoms with Crippen molar-refractivity contribution in [1.29, 1.82) is 0 Å². The summed E-state index contributed by atoms with van der Waals surface area (Å²) in [6.07, 6.45) is 1.29. The highest BCUT2D eigenvalue weighted by Gasteiger charge is 2.48. The molecule has 0 aliphatic carbocycles. The van der Waals surface area contributed by atoms with Gasteiger partial charge < -0.3 is 27.5 Å². The van der Waals surface area contributed by atoms with Crippen LogP contribution in [-0.2, 0) is 41.9 Å². The standard InChI is InChI=1S/C14H24O9Si/c1-7-9-20-24(18-5,19-6)10-8-14(21-11(2)15,22-12(3)16)23-13(4)17/h7H,1,8-10H2,2-6H3. The zero-order chi connectivity index (χ0) is 18.8. The summed E-state index contributed by atoms with van der Waals surface area (Å²) in [4.78, 5) is 34.1. The van der Waals surface area contributed by atoms with E-state index in [1.54, 1.807) is 0 Å². The maximum atomic E-state index is 11.4. The van der Waals surface area contributed by atoms with Gasteiger partial charge in [-0.2, -0.15) is 0 Å². The normalized spacial score (nSPS) is 11.5. The van der Waals surface area contributed by atoms with Crippen molar-refractivity contribution in [3.63, 3.8) is 0 Å². The summed E-state index contributed by atoms with van der Waals surface area (Å²) in [5, 5.41) is 0. The van der Waals surface area contributed by atoms with E-state index < -0.39 is 32.7 Å². The fourth-order valence-electron chi connectivity index (χ4n) is 1.84. The molecule has 0 atom stereocenters. The van der Waals surface area contributed by atoms with E-state index in [4.69, 9.17) is 27.5 Å². The van der Waals surface area contributed by atoms with Crippen LogP contribution in [-0.4, -0.2) is 53.5 Å². The Bertz CT molecular complexity index is 418. The third-order valence-corrected chi connectivity index (χ3v) is 5.39.